The van der Waals surface area contributed by atoms with Crippen LogP contribution in [0.1, 0.15) is 6.42 Å². The van der Waals surface area contributed by atoms with Gasteiger partial charge in [-0.25, -0.2) is 4.39 Å². The smallest absolute Gasteiger partial charge is 0.225 e. The lowest BCUT2D eigenvalue weighted by Crippen LogP contribution is -2.27. The summed E-state index contributed by atoms with van der Waals surface area (Å²) in [5, 5.41) is 21.3. The summed E-state index contributed by atoms with van der Waals surface area (Å²) in [4.78, 5) is 13.5. The third kappa shape index (κ3) is 3.99. The van der Waals surface area contributed by atoms with Gasteiger partial charge < -0.3 is 15.5 Å². The summed E-state index contributed by atoms with van der Waals surface area (Å²) in [6.07, 6.45) is -1.26. The topological polar surface area (TPSA) is 72.8 Å². The standard InChI is InChI=1S/C13H17FN2O3/c14-9-2-1-3-10(6-9)15-13(19)4-5-16-7-11(17)12(18)8-16/h1-3,6,11-12,17-18H,4-5,7-8H2,(H,15,19)/t11-,12+. The fraction of sp³-hybridized carbons (Fsp3) is 0.462. The van der Waals surface area contributed by atoms with E-state index in [-0.39, 0.29) is 12.3 Å². The van der Waals surface area contributed by atoms with Gasteiger partial charge in [-0.15, -0.1) is 0 Å². The van der Waals surface area contributed by atoms with Gasteiger partial charge in [-0.2, -0.15) is 0 Å². The van der Waals surface area contributed by atoms with Crippen molar-refractivity contribution in [3.63, 3.8) is 0 Å². The maximum Gasteiger partial charge on any atom is 0.225 e. The van der Waals surface area contributed by atoms with Crippen molar-refractivity contribution < 1.29 is 19.4 Å². The number of hydrogen-bond acceptors (Lipinski definition) is 4. The molecule has 1 saturated heterocycles. The van der Waals surface area contributed by atoms with Crippen LogP contribution in [0.5, 0.6) is 0 Å². The van der Waals surface area contributed by atoms with Crippen LogP contribution in [0.4, 0.5) is 10.1 Å². The van der Waals surface area contributed by atoms with Crippen LogP contribution in [0.25, 0.3) is 0 Å². The number of anilines is 1. The number of aliphatic hydroxyl groups excluding tert-OH is 2. The van der Waals surface area contributed by atoms with Crippen molar-refractivity contribution in [2.45, 2.75) is 18.6 Å². The molecule has 2 rings (SSSR count). The number of benzene rings is 1. The molecular weight excluding hydrogens is 251 g/mol. The van der Waals surface area contributed by atoms with Gasteiger partial charge in [0.1, 0.15) is 5.82 Å². The highest BCUT2D eigenvalue weighted by Crippen LogP contribution is 2.12. The summed E-state index contributed by atoms with van der Waals surface area (Å²) in [7, 11) is 0. The summed E-state index contributed by atoms with van der Waals surface area (Å²) in [5.74, 6) is -0.620. The normalized spacial score (nSPS) is 23.5. The molecule has 1 aromatic rings. The Balaban J connectivity index is 1.76. The van der Waals surface area contributed by atoms with Crippen molar-refractivity contribution >= 4 is 11.6 Å². The van der Waals surface area contributed by atoms with Crippen molar-refractivity contribution in [1.29, 1.82) is 0 Å². The van der Waals surface area contributed by atoms with Crippen LogP contribution in [-0.2, 0) is 4.79 Å². The van der Waals surface area contributed by atoms with Gasteiger partial charge in [0.2, 0.25) is 5.91 Å². The second kappa shape index (κ2) is 6.10. The van der Waals surface area contributed by atoms with Crippen LogP contribution in [0.2, 0.25) is 0 Å². The molecule has 0 bridgehead atoms. The third-order valence-electron chi connectivity index (χ3n) is 3.10. The predicted molar refractivity (Wildman–Crippen MR) is 68.1 cm³/mol. The highest BCUT2D eigenvalue weighted by atomic mass is 19.1. The van der Waals surface area contributed by atoms with E-state index in [1.54, 1.807) is 6.07 Å². The van der Waals surface area contributed by atoms with Crippen LogP contribution in [0.15, 0.2) is 24.3 Å². The van der Waals surface area contributed by atoms with Gasteiger partial charge in [-0.05, 0) is 18.2 Å². The van der Waals surface area contributed by atoms with Crippen LogP contribution in [0.3, 0.4) is 0 Å². The molecule has 1 aliphatic heterocycles. The maximum absolute atomic E-state index is 12.9. The number of halogens is 1. The highest BCUT2D eigenvalue weighted by molar-refractivity contribution is 5.90. The van der Waals surface area contributed by atoms with Gasteiger partial charge >= 0.3 is 0 Å². The van der Waals surface area contributed by atoms with E-state index in [4.69, 9.17) is 0 Å². The number of β-amino-alcohol motifs (C(OH)–C–C–N with tert-alkyl or cyclic N) is 2. The molecular formula is C13H17FN2O3. The molecule has 104 valence electrons. The zero-order valence-corrected chi connectivity index (χ0v) is 10.4. The number of rotatable bonds is 4. The van der Waals surface area contributed by atoms with Crippen LogP contribution >= 0.6 is 0 Å². The summed E-state index contributed by atoms with van der Waals surface area (Å²) < 4.78 is 12.9. The number of carbonyl (C=O) groups is 1. The number of aliphatic hydroxyl groups is 2. The number of hydrogen-bond donors (Lipinski definition) is 3. The summed E-state index contributed by atoms with van der Waals surface area (Å²) >= 11 is 0. The Hall–Kier alpha value is -1.50. The monoisotopic (exact) mass is 268 g/mol. The first kappa shape index (κ1) is 13.9. The minimum absolute atomic E-state index is 0.221. The van der Waals surface area contributed by atoms with Gasteiger partial charge in [0.25, 0.3) is 0 Å². The lowest BCUT2D eigenvalue weighted by atomic mass is 10.3. The van der Waals surface area contributed by atoms with E-state index in [9.17, 15) is 19.4 Å². The molecule has 3 N–H and O–H groups in total. The van der Waals surface area contributed by atoms with Crippen molar-refractivity contribution in [2.24, 2.45) is 0 Å². The van der Waals surface area contributed by atoms with Crippen molar-refractivity contribution in [3.05, 3.63) is 30.1 Å². The molecule has 2 atom stereocenters. The molecule has 0 unspecified atom stereocenters. The van der Waals surface area contributed by atoms with E-state index in [2.05, 4.69) is 5.32 Å². The number of likely N-dealkylation sites (tertiary alicyclic amines) is 1. The van der Waals surface area contributed by atoms with Crippen LogP contribution in [0, 0.1) is 5.82 Å². The van der Waals surface area contributed by atoms with Gasteiger partial charge in [-0.1, -0.05) is 6.07 Å². The number of amides is 1. The Bertz CT molecular complexity index is 445. The van der Waals surface area contributed by atoms with E-state index in [1.165, 1.54) is 18.2 Å². The fourth-order valence-electron chi connectivity index (χ4n) is 2.08. The van der Waals surface area contributed by atoms with Crippen molar-refractivity contribution in [2.75, 3.05) is 25.0 Å². The first-order chi connectivity index (χ1) is 9.04. The average molecular weight is 268 g/mol. The lowest BCUT2D eigenvalue weighted by Gasteiger charge is -2.14. The van der Waals surface area contributed by atoms with Gasteiger partial charge in [0, 0.05) is 31.7 Å². The van der Waals surface area contributed by atoms with Crippen LogP contribution in [-0.4, -0.2) is 52.9 Å². The molecule has 0 aliphatic carbocycles. The Kier molecular flexibility index (Phi) is 4.47. The van der Waals surface area contributed by atoms with Crippen LogP contribution < -0.4 is 5.32 Å². The van der Waals surface area contributed by atoms with Crippen molar-refractivity contribution in [1.82, 2.24) is 4.90 Å². The second-order valence-corrected chi connectivity index (χ2v) is 4.70. The summed E-state index contributed by atoms with van der Waals surface area (Å²) in [6, 6.07) is 5.70. The zero-order chi connectivity index (χ0) is 13.8. The highest BCUT2D eigenvalue weighted by Gasteiger charge is 2.29. The largest absolute Gasteiger partial charge is 0.389 e. The number of nitrogens with zero attached hydrogens (tertiary/aromatic N) is 1. The summed E-state index contributed by atoms with van der Waals surface area (Å²) in [5.41, 5.74) is 0.423. The van der Waals surface area contributed by atoms with Gasteiger partial charge in [0.05, 0.1) is 12.2 Å². The molecule has 0 saturated carbocycles. The minimum atomic E-state index is -0.744. The first-order valence-corrected chi connectivity index (χ1v) is 6.18. The SMILES string of the molecule is O=C(CCN1C[C@@H](O)[C@@H](O)C1)Nc1cccc(F)c1. The van der Waals surface area contributed by atoms with E-state index in [0.29, 0.717) is 25.3 Å². The van der Waals surface area contributed by atoms with E-state index < -0.39 is 18.0 Å². The molecule has 1 aromatic carbocycles. The Labute approximate surface area is 110 Å². The zero-order valence-electron chi connectivity index (χ0n) is 10.4. The Morgan fingerprint density at radius 2 is 2.05 bits per heavy atom. The van der Waals surface area contributed by atoms with Crippen molar-refractivity contribution in [3.8, 4) is 0 Å². The number of nitrogens with one attached hydrogen (secondary N) is 1. The minimum Gasteiger partial charge on any atom is -0.389 e. The van der Waals surface area contributed by atoms with E-state index in [0.717, 1.165) is 0 Å². The third-order valence-corrected chi connectivity index (χ3v) is 3.10. The Morgan fingerprint density at radius 3 is 2.68 bits per heavy atom. The van der Waals surface area contributed by atoms with E-state index in [1.807, 2.05) is 4.90 Å². The molecule has 1 fully saturated rings. The van der Waals surface area contributed by atoms with Gasteiger partial charge in [0.15, 0.2) is 0 Å². The summed E-state index contributed by atoms with van der Waals surface area (Å²) in [6.45, 7) is 1.19. The molecule has 1 heterocycles. The molecule has 1 aliphatic rings. The number of carbonyl (C=O) groups excluding carboxylic acids is 1. The van der Waals surface area contributed by atoms with Gasteiger partial charge in [-0.3, -0.25) is 9.69 Å². The predicted octanol–water partition coefficient (Wildman–Crippen LogP) is 0.192. The lowest BCUT2D eigenvalue weighted by molar-refractivity contribution is -0.116. The molecule has 6 heteroatoms. The average Bonchev–Trinajstić information content (AvgIpc) is 2.66. The van der Waals surface area contributed by atoms with E-state index >= 15 is 0 Å². The molecule has 19 heavy (non-hydrogen) atoms. The molecule has 0 spiro atoms. The maximum atomic E-state index is 12.9. The first-order valence-electron chi connectivity index (χ1n) is 6.18. The Morgan fingerprint density at radius 1 is 1.37 bits per heavy atom. The molecule has 5 nitrogen and oxygen atoms in total. The molecule has 0 aromatic heterocycles. The fourth-order valence-corrected chi connectivity index (χ4v) is 2.08. The molecule has 0 radical (unpaired) electrons. The quantitative estimate of drug-likeness (QED) is 0.729. The molecule has 1 amide bonds. The second-order valence-electron chi connectivity index (χ2n) is 4.70.